The molecule has 3 heteroatoms. The molecular weight excluding hydrogens is 188 g/mol. The third-order valence-electron chi connectivity index (χ3n) is 2.73. The molecule has 1 atom stereocenters. The molecule has 84 valence electrons. The highest BCUT2D eigenvalue weighted by molar-refractivity contribution is 5.82. The predicted octanol–water partition coefficient (Wildman–Crippen LogP) is 2.28. The Bertz CT molecular complexity index is 341. The van der Waals surface area contributed by atoms with Crippen LogP contribution >= 0.6 is 0 Å². The lowest BCUT2D eigenvalue weighted by atomic mass is 9.97. The summed E-state index contributed by atoms with van der Waals surface area (Å²) in [5.41, 5.74) is 1.99. The quantitative estimate of drug-likeness (QED) is 0.744. The second-order valence-corrected chi connectivity index (χ2v) is 4.23. The fourth-order valence-corrected chi connectivity index (χ4v) is 1.78. The topological polar surface area (TPSA) is 34.9 Å². The first kappa shape index (κ1) is 12.0. The monoisotopic (exact) mass is 208 g/mol. The third-order valence-corrected chi connectivity index (χ3v) is 2.73. The SMILES string of the molecule is CCCC(C)C(=O)Cc1cc(C)nn1C. The standard InChI is InChI=1S/C12H20N2O/c1-5-6-9(2)12(15)8-11-7-10(3)13-14(11)4/h7,9H,5-6,8H2,1-4H3. The van der Waals surface area contributed by atoms with Crippen LogP contribution in [0.1, 0.15) is 38.1 Å². The molecule has 0 aliphatic carbocycles. The van der Waals surface area contributed by atoms with Crippen molar-refractivity contribution in [3.63, 3.8) is 0 Å². The zero-order valence-electron chi connectivity index (χ0n) is 10.1. The van der Waals surface area contributed by atoms with Crippen molar-refractivity contribution in [2.75, 3.05) is 0 Å². The highest BCUT2D eigenvalue weighted by Gasteiger charge is 2.14. The third kappa shape index (κ3) is 3.18. The molecule has 0 aliphatic rings. The lowest BCUT2D eigenvalue weighted by Crippen LogP contribution is -2.15. The van der Waals surface area contributed by atoms with E-state index in [0.29, 0.717) is 12.2 Å². The molecule has 1 aromatic heterocycles. The molecule has 0 spiro atoms. The van der Waals surface area contributed by atoms with Gasteiger partial charge in [-0.15, -0.1) is 0 Å². The molecule has 0 aromatic carbocycles. The van der Waals surface area contributed by atoms with Crippen molar-refractivity contribution in [1.82, 2.24) is 9.78 Å². The van der Waals surface area contributed by atoms with Crippen molar-refractivity contribution in [2.24, 2.45) is 13.0 Å². The largest absolute Gasteiger partial charge is 0.299 e. The van der Waals surface area contributed by atoms with E-state index < -0.39 is 0 Å². The van der Waals surface area contributed by atoms with Gasteiger partial charge in [0.1, 0.15) is 5.78 Å². The van der Waals surface area contributed by atoms with E-state index in [-0.39, 0.29) is 5.92 Å². The first-order valence-electron chi connectivity index (χ1n) is 5.56. The van der Waals surface area contributed by atoms with Crippen LogP contribution in [0, 0.1) is 12.8 Å². The average molecular weight is 208 g/mol. The highest BCUT2D eigenvalue weighted by atomic mass is 16.1. The van der Waals surface area contributed by atoms with E-state index >= 15 is 0 Å². The summed E-state index contributed by atoms with van der Waals surface area (Å²) < 4.78 is 1.80. The smallest absolute Gasteiger partial charge is 0.141 e. The lowest BCUT2D eigenvalue weighted by Gasteiger charge is -2.08. The lowest BCUT2D eigenvalue weighted by molar-refractivity contribution is -0.122. The van der Waals surface area contributed by atoms with Crippen LogP contribution in [0.4, 0.5) is 0 Å². The van der Waals surface area contributed by atoms with Crippen LogP contribution in [0.2, 0.25) is 0 Å². The van der Waals surface area contributed by atoms with Crippen molar-refractivity contribution >= 4 is 5.78 Å². The Morgan fingerprint density at radius 3 is 2.73 bits per heavy atom. The van der Waals surface area contributed by atoms with Gasteiger partial charge in [0.25, 0.3) is 0 Å². The Morgan fingerprint density at radius 1 is 1.60 bits per heavy atom. The summed E-state index contributed by atoms with van der Waals surface area (Å²) in [6, 6.07) is 1.98. The first-order chi connectivity index (χ1) is 7.04. The van der Waals surface area contributed by atoms with Gasteiger partial charge in [-0.2, -0.15) is 5.10 Å². The van der Waals surface area contributed by atoms with Gasteiger partial charge < -0.3 is 0 Å². The molecule has 0 N–H and O–H groups in total. The number of rotatable bonds is 5. The van der Waals surface area contributed by atoms with Crippen molar-refractivity contribution in [3.8, 4) is 0 Å². The summed E-state index contributed by atoms with van der Waals surface area (Å²) in [6.07, 6.45) is 2.56. The fraction of sp³-hybridized carbons (Fsp3) is 0.667. The Kier molecular flexibility index (Phi) is 4.06. The Labute approximate surface area is 91.5 Å². The van der Waals surface area contributed by atoms with Crippen molar-refractivity contribution in [2.45, 2.75) is 40.0 Å². The second kappa shape index (κ2) is 5.10. The zero-order valence-corrected chi connectivity index (χ0v) is 10.1. The van der Waals surface area contributed by atoms with Crippen LogP contribution in [0.15, 0.2) is 6.07 Å². The molecule has 1 heterocycles. The number of nitrogens with zero attached hydrogens (tertiary/aromatic N) is 2. The molecule has 3 nitrogen and oxygen atoms in total. The maximum atomic E-state index is 11.8. The minimum absolute atomic E-state index is 0.171. The van der Waals surface area contributed by atoms with E-state index in [2.05, 4.69) is 12.0 Å². The summed E-state index contributed by atoms with van der Waals surface area (Å²) in [6.45, 7) is 6.07. The molecule has 15 heavy (non-hydrogen) atoms. The van der Waals surface area contributed by atoms with Crippen LogP contribution in [-0.4, -0.2) is 15.6 Å². The summed E-state index contributed by atoms with van der Waals surface area (Å²) in [4.78, 5) is 11.8. The predicted molar refractivity (Wildman–Crippen MR) is 60.7 cm³/mol. The molecule has 0 aliphatic heterocycles. The number of hydrogen-bond donors (Lipinski definition) is 0. The van der Waals surface area contributed by atoms with Crippen LogP contribution < -0.4 is 0 Å². The van der Waals surface area contributed by atoms with Gasteiger partial charge in [0.05, 0.1) is 5.69 Å². The summed E-state index contributed by atoms with van der Waals surface area (Å²) in [5, 5.41) is 4.23. The highest BCUT2D eigenvalue weighted by Crippen LogP contribution is 2.11. The molecule has 0 amide bonds. The van der Waals surface area contributed by atoms with Crippen LogP contribution in [0.3, 0.4) is 0 Å². The maximum Gasteiger partial charge on any atom is 0.141 e. The van der Waals surface area contributed by atoms with Gasteiger partial charge in [-0.1, -0.05) is 20.3 Å². The molecule has 0 fully saturated rings. The van der Waals surface area contributed by atoms with E-state index in [9.17, 15) is 4.79 Å². The molecule has 1 unspecified atom stereocenters. The van der Waals surface area contributed by atoms with E-state index in [4.69, 9.17) is 0 Å². The number of aryl methyl sites for hydroxylation is 2. The Balaban J connectivity index is 2.62. The summed E-state index contributed by atoms with van der Waals surface area (Å²) in [7, 11) is 1.89. The van der Waals surface area contributed by atoms with Crippen LogP contribution in [0.5, 0.6) is 0 Å². The van der Waals surface area contributed by atoms with E-state index in [1.165, 1.54) is 0 Å². The molecule has 0 bridgehead atoms. The van der Waals surface area contributed by atoms with E-state index in [0.717, 1.165) is 24.2 Å². The van der Waals surface area contributed by atoms with E-state index in [1.54, 1.807) is 4.68 Å². The normalized spacial score (nSPS) is 12.8. The van der Waals surface area contributed by atoms with E-state index in [1.807, 2.05) is 27.0 Å². The summed E-state index contributed by atoms with van der Waals surface area (Å²) >= 11 is 0. The number of ketones is 1. The van der Waals surface area contributed by atoms with Gasteiger partial charge in [-0.05, 0) is 19.4 Å². The maximum absolute atomic E-state index is 11.8. The van der Waals surface area contributed by atoms with Gasteiger partial charge in [-0.25, -0.2) is 0 Å². The molecule has 0 saturated heterocycles. The number of Topliss-reactive ketones (excluding diaryl/α,β-unsaturated/α-hetero) is 1. The van der Waals surface area contributed by atoms with Crippen molar-refractivity contribution in [1.29, 1.82) is 0 Å². The van der Waals surface area contributed by atoms with Crippen LogP contribution in [-0.2, 0) is 18.3 Å². The Hall–Kier alpha value is -1.12. The molecule has 0 radical (unpaired) electrons. The van der Waals surface area contributed by atoms with Gasteiger partial charge in [0, 0.05) is 25.1 Å². The molecular formula is C12H20N2O. The van der Waals surface area contributed by atoms with Crippen LogP contribution in [0.25, 0.3) is 0 Å². The van der Waals surface area contributed by atoms with Crippen molar-refractivity contribution < 1.29 is 4.79 Å². The average Bonchev–Trinajstić information content (AvgIpc) is 2.45. The zero-order chi connectivity index (χ0) is 11.4. The number of hydrogen-bond acceptors (Lipinski definition) is 2. The molecule has 1 aromatic rings. The minimum Gasteiger partial charge on any atom is -0.299 e. The van der Waals surface area contributed by atoms with Gasteiger partial charge in [0.2, 0.25) is 0 Å². The Morgan fingerprint density at radius 2 is 2.27 bits per heavy atom. The van der Waals surface area contributed by atoms with Gasteiger partial charge in [0.15, 0.2) is 0 Å². The van der Waals surface area contributed by atoms with Gasteiger partial charge in [-0.3, -0.25) is 9.48 Å². The number of carbonyl (C=O) groups excluding carboxylic acids is 1. The summed E-state index contributed by atoms with van der Waals surface area (Å²) in [5.74, 6) is 0.491. The number of aromatic nitrogens is 2. The first-order valence-corrected chi connectivity index (χ1v) is 5.56. The molecule has 1 rings (SSSR count). The minimum atomic E-state index is 0.171. The van der Waals surface area contributed by atoms with Crippen molar-refractivity contribution in [3.05, 3.63) is 17.5 Å². The van der Waals surface area contributed by atoms with Gasteiger partial charge >= 0.3 is 0 Å². The fourth-order valence-electron chi connectivity index (χ4n) is 1.78. The second-order valence-electron chi connectivity index (χ2n) is 4.23. The molecule has 0 saturated carbocycles. The number of carbonyl (C=O) groups is 1.